The minimum Gasteiger partial charge on any atom is -0.490 e. The van der Waals surface area contributed by atoms with Gasteiger partial charge in [0.25, 0.3) is 0 Å². The zero-order chi connectivity index (χ0) is 19.3. The summed E-state index contributed by atoms with van der Waals surface area (Å²) < 4.78 is 11.7. The Balaban J connectivity index is 0.00000240. The van der Waals surface area contributed by atoms with Gasteiger partial charge < -0.3 is 14.8 Å². The third-order valence-electron chi connectivity index (χ3n) is 5.21. The van der Waals surface area contributed by atoms with Crippen LogP contribution in [-0.4, -0.2) is 19.8 Å². The van der Waals surface area contributed by atoms with Gasteiger partial charge in [-0.1, -0.05) is 54.6 Å². The van der Waals surface area contributed by atoms with E-state index in [2.05, 4.69) is 66.0 Å². The third kappa shape index (κ3) is 4.58. The molecule has 1 aliphatic heterocycles. The molecule has 3 aromatic carbocycles. The lowest BCUT2D eigenvalue weighted by atomic mass is 9.88. The predicted molar refractivity (Wildman–Crippen MR) is 121 cm³/mol. The van der Waals surface area contributed by atoms with Crippen LogP contribution >= 0.6 is 12.4 Å². The summed E-state index contributed by atoms with van der Waals surface area (Å²) in [5.41, 5.74) is 6.37. The molecule has 1 unspecified atom stereocenters. The Labute approximate surface area is 179 Å². The van der Waals surface area contributed by atoms with Crippen LogP contribution in [-0.2, 0) is 6.42 Å². The Bertz CT molecular complexity index is 926. The maximum Gasteiger partial charge on any atom is 0.161 e. The van der Waals surface area contributed by atoms with E-state index in [1.807, 2.05) is 19.9 Å². The monoisotopic (exact) mass is 409 g/mol. The molecule has 0 spiro atoms. The predicted octanol–water partition coefficient (Wildman–Crippen LogP) is 5.81. The average molecular weight is 410 g/mol. The highest BCUT2D eigenvalue weighted by Crippen LogP contribution is 2.38. The van der Waals surface area contributed by atoms with Gasteiger partial charge >= 0.3 is 0 Å². The van der Waals surface area contributed by atoms with Gasteiger partial charge in [0.1, 0.15) is 0 Å². The second-order valence-corrected chi connectivity index (χ2v) is 6.99. The quantitative estimate of drug-likeness (QED) is 0.557. The second-order valence-electron chi connectivity index (χ2n) is 6.99. The third-order valence-corrected chi connectivity index (χ3v) is 5.21. The number of benzene rings is 3. The summed E-state index contributed by atoms with van der Waals surface area (Å²) >= 11 is 0. The Morgan fingerprint density at radius 3 is 2.10 bits per heavy atom. The van der Waals surface area contributed by atoms with Crippen molar-refractivity contribution in [2.45, 2.75) is 26.3 Å². The summed E-state index contributed by atoms with van der Waals surface area (Å²) in [7, 11) is 0. The van der Waals surface area contributed by atoms with Crippen molar-refractivity contribution in [2.75, 3.05) is 19.8 Å². The molecule has 3 aromatic rings. The molecule has 0 radical (unpaired) electrons. The summed E-state index contributed by atoms with van der Waals surface area (Å²) in [4.78, 5) is 0. The van der Waals surface area contributed by atoms with Gasteiger partial charge in [0, 0.05) is 6.54 Å². The van der Waals surface area contributed by atoms with Crippen LogP contribution in [0.1, 0.15) is 36.6 Å². The number of nitrogens with one attached hydrogen (secondary N) is 1. The number of fused-ring (bicyclic) bond motifs is 1. The fraction of sp³-hybridized carbons (Fsp3) is 0.280. The van der Waals surface area contributed by atoms with E-state index in [1.54, 1.807) is 0 Å². The summed E-state index contributed by atoms with van der Waals surface area (Å²) in [6, 6.07) is 23.9. The molecule has 152 valence electrons. The zero-order valence-corrected chi connectivity index (χ0v) is 17.8. The summed E-state index contributed by atoms with van der Waals surface area (Å²) in [5.74, 6) is 1.68. The van der Waals surface area contributed by atoms with E-state index in [4.69, 9.17) is 9.47 Å². The Morgan fingerprint density at radius 2 is 1.45 bits per heavy atom. The van der Waals surface area contributed by atoms with Gasteiger partial charge in [-0.2, -0.15) is 0 Å². The molecule has 1 atom stereocenters. The molecule has 0 aliphatic carbocycles. The van der Waals surface area contributed by atoms with E-state index in [0.29, 0.717) is 13.2 Å². The van der Waals surface area contributed by atoms with Gasteiger partial charge in [0.05, 0.1) is 19.3 Å². The van der Waals surface area contributed by atoms with Crippen molar-refractivity contribution < 1.29 is 9.47 Å². The molecule has 0 saturated carbocycles. The molecule has 4 rings (SSSR count). The average Bonchev–Trinajstić information content (AvgIpc) is 2.75. The first kappa shape index (κ1) is 21.2. The molecule has 4 heteroatoms. The van der Waals surface area contributed by atoms with Crippen LogP contribution in [0.25, 0.3) is 11.1 Å². The molecule has 0 bridgehead atoms. The first-order chi connectivity index (χ1) is 13.8. The second kappa shape index (κ2) is 9.82. The van der Waals surface area contributed by atoms with Crippen molar-refractivity contribution in [1.82, 2.24) is 5.32 Å². The highest BCUT2D eigenvalue weighted by Gasteiger charge is 2.24. The SMILES string of the molecule is CCOc1cc2c(cc1OCC)C(c1ccc(-c3ccccc3)cc1)NCC2.Cl. The molecule has 1 heterocycles. The van der Waals surface area contributed by atoms with Crippen LogP contribution in [0.5, 0.6) is 11.5 Å². The Hall–Kier alpha value is -2.49. The van der Waals surface area contributed by atoms with E-state index >= 15 is 0 Å². The molecule has 0 fully saturated rings. The minimum atomic E-state index is 0. The molecular formula is C25H28ClNO2. The largest absolute Gasteiger partial charge is 0.490 e. The maximum absolute atomic E-state index is 5.86. The standard InChI is InChI=1S/C25H27NO2.ClH/c1-3-27-23-16-21-14-15-26-25(22(21)17-24(23)28-4-2)20-12-10-19(11-13-20)18-8-6-5-7-9-18;/h5-13,16-17,25-26H,3-4,14-15H2,1-2H3;1H. The van der Waals surface area contributed by atoms with E-state index in [9.17, 15) is 0 Å². The van der Waals surface area contributed by atoms with Crippen LogP contribution in [0, 0.1) is 0 Å². The lowest BCUT2D eigenvalue weighted by Gasteiger charge is -2.29. The van der Waals surface area contributed by atoms with Crippen LogP contribution < -0.4 is 14.8 Å². The molecule has 29 heavy (non-hydrogen) atoms. The van der Waals surface area contributed by atoms with Crippen molar-refractivity contribution in [3.63, 3.8) is 0 Å². The lowest BCUT2D eigenvalue weighted by molar-refractivity contribution is 0.286. The van der Waals surface area contributed by atoms with Gasteiger partial charge in [-0.3, -0.25) is 0 Å². The van der Waals surface area contributed by atoms with Crippen molar-refractivity contribution in [1.29, 1.82) is 0 Å². The maximum atomic E-state index is 5.86. The fourth-order valence-electron chi connectivity index (χ4n) is 3.90. The Morgan fingerprint density at radius 1 is 0.828 bits per heavy atom. The van der Waals surface area contributed by atoms with Gasteiger partial charge in [-0.05, 0) is 60.2 Å². The molecule has 0 saturated heterocycles. The van der Waals surface area contributed by atoms with E-state index < -0.39 is 0 Å². The first-order valence-electron chi connectivity index (χ1n) is 10.1. The number of ether oxygens (including phenoxy) is 2. The summed E-state index contributed by atoms with van der Waals surface area (Å²) in [5, 5.41) is 3.68. The van der Waals surface area contributed by atoms with Crippen molar-refractivity contribution >= 4 is 12.4 Å². The number of hydrogen-bond acceptors (Lipinski definition) is 3. The highest BCUT2D eigenvalue weighted by molar-refractivity contribution is 5.85. The molecule has 0 aromatic heterocycles. The molecule has 0 amide bonds. The topological polar surface area (TPSA) is 30.5 Å². The highest BCUT2D eigenvalue weighted by atomic mass is 35.5. The van der Waals surface area contributed by atoms with E-state index in [0.717, 1.165) is 24.5 Å². The summed E-state index contributed by atoms with van der Waals surface area (Å²) in [6.07, 6.45) is 1.00. The Kier molecular flexibility index (Phi) is 7.18. The number of halogens is 1. The first-order valence-corrected chi connectivity index (χ1v) is 10.1. The normalized spacial score (nSPS) is 15.2. The molecule has 1 N–H and O–H groups in total. The number of hydrogen-bond donors (Lipinski definition) is 1. The molecule has 1 aliphatic rings. The van der Waals surface area contributed by atoms with Crippen LogP contribution in [0.15, 0.2) is 66.7 Å². The van der Waals surface area contributed by atoms with E-state index in [1.165, 1.54) is 27.8 Å². The summed E-state index contributed by atoms with van der Waals surface area (Å²) in [6.45, 7) is 6.24. The van der Waals surface area contributed by atoms with Crippen LogP contribution in [0.2, 0.25) is 0 Å². The van der Waals surface area contributed by atoms with Crippen molar-refractivity contribution in [3.8, 4) is 22.6 Å². The minimum absolute atomic E-state index is 0. The van der Waals surface area contributed by atoms with Crippen LogP contribution in [0.3, 0.4) is 0 Å². The molecule has 3 nitrogen and oxygen atoms in total. The molecular weight excluding hydrogens is 382 g/mol. The smallest absolute Gasteiger partial charge is 0.161 e. The van der Waals surface area contributed by atoms with Gasteiger partial charge in [0.15, 0.2) is 11.5 Å². The number of rotatable bonds is 6. The zero-order valence-electron chi connectivity index (χ0n) is 17.0. The van der Waals surface area contributed by atoms with Crippen molar-refractivity contribution in [2.24, 2.45) is 0 Å². The van der Waals surface area contributed by atoms with Crippen LogP contribution in [0.4, 0.5) is 0 Å². The van der Waals surface area contributed by atoms with Gasteiger partial charge in [-0.25, -0.2) is 0 Å². The van der Waals surface area contributed by atoms with Gasteiger partial charge in [0.2, 0.25) is 0 Å². The van der Waals surface area contributed by atoms with E-state index in [-0.39, 0.29) is 18.4 Å². The van der Waals surface area contributed by atoms with Gasteiger partial charge in [-0.15, -0.1) is 12.4 Å². The van der Waals surface area contributed by atoms with Crippen molar-refractivity contribution in [3.05, 3.63) is 83.4 Å². The fourth-order valence-corrected chi connectivity index (χ4v) is 3.90. The lowest BCUT2D eigenvalue weighted by Crippen LogP contribution is -2.30.